The molecule has 6 atom stereocenters. The molecule has 11 nitrogen and oxygen atoms in total. The Morgan fingerprint density at radius 1 is 1.16 bits per heavy atom. The van der Waals surface area contributed by atoms with Gasteiger partial charge in [0.25, 0.3) is 5.91 Å². The Hall–Kier alpha value is -3.70. The van der Waals surface area contributed by atoms with Crippen LogP contribution in [0.25, 0.3) is 0 Å². The van der Waals surface area contributed by atoms with Crippen molar-refractivity contribution in [3.63, 3.8) is 0 Å². The third kappa shape index (κ3) is 3.56. The number of aliphatic hydroxyl groups excluding tert-OH is 2. The van der Waals surface area contributed by atoms with Crippen LogP contribution < -0.4 is 5.73 Å². The van der Waals surface area contributed by atoms with Crippen LogP contribution in [0.4, 0.5) is 0 Å². The number of nitrogens with two attached hydrogens (primary N) is 1. The Kier molecular flexibility index (Phi) is 6.41. The quantitative estimate of drug-likeness (QED) is 0.280. The number of phenols is 1. The van der Waals surface area contributed by atoms with Gasteiger partial charge in [-0.2, -0.15) is 0 Å². The highest BCUT2D eigenvalue weighted by molar-refractivity contribution is 6.25. The molecule has 0 fully saturated rings. The largest absolute Gasteiger partial charge is 0.510 e. The molecule has 0 aromatic heterocycles. The Labute approximate surface area is 212 Å². The van der Waals surface area contributed by atoms with Crippen molar-refractivity contribution in [3.8, 4) is 5.75 Å². The molecule has 3 aliphatic rings. The van der Waals surface area contributed by atoms with Crippen molar-refractivity contribution in [2.45, 2.75) is 50.4 Å². The molecule has 4 rings (SSSR count). The fourth-order valence-electron chi connectivity index (χ4n) is 6.11. The first-order valence-electron chi connectivity index (χ1n) is 12.0. The van der Waals surface area contributed by atoms with Gasteiger partial charge in [0.2, 0.25) is 5.78 Å². The first-order valence-corrected chi connectivity index (χ1v) is 12.0. The zero-order valence-electron chi connectivity index (χ0n) is 20.9. The van der Waals surface area contributed by atoms with E-state index in [4.69, 9.17) is 10.5 Å². The summed E-state index contributed by atoms with van der Waals surface area (Å²) in [6.45, 7) is 3.45. The van der Waals surface area contributed by atoms with E-state index in [0.717, 1.165) is 0 Å². The minimum atomic E-state index is -2.94. The van der Waals surface area contributed by atoms with E-state index in [0.29, 0.717) is 12.0 Å². The maximum Gasteiger partial charge on any atom is 0.306 e. The van der Waals surface area contributed by atoms with E-state index in [9.17, 15) is 39.6 Å². The molecule has 6 N–H and O–H groups in total. The number of hydrogen-bond acceptors (Lipinski definition) is 10. The summed E-state index contributed by atoms with van der Waals surface area (Å²) < 4.78 is 5.83. The average Bonchev–Trinajstić information content (AvgIpc) is 2.80. The number of ether oxygens (including phenoxy) is 1. The SMILES string of the molecule is CCCC(=O)OC1C2C(=C(O)C3(O)C(=O)C(C(N)=O)=C(O)C(N(C)C)C13)C(=O)c1c(O)cccc1C2C. The number of amides is 1. The molecule has 37 heavy (non-hydrogen) atoms. The zero-order valence-corrected chi connectivity index (χ0v) is 20.9. The monoisotopic (exact) mass is 514 g/mol. The molecule has 0 heterocycles. The third-order valence-electron chi connectivity index (χ3n) is 7.69. The van der Waals surface area contributed by atoms with Crippen molar-refractivity contribution in [2.24, 2.45) is 17.6 Å². The van der Waals surface area contributed by atoms with Gasteiger partial charge in [0, 0.05) is 17.9 Å². The van der Waals surface area contributed by atoms with E-state index in [1.807, 2.05) is 0 Å². The third-order valence-corrected chi connectivity index (χ3v) is 7.69. The second-order valence-corrected chi connectivity index (χ2v) is 10.0. The van der Waals surface area contributed by atoms with E-state index in [1.54, 1.807) is 26.0 Å². The predicted octanol–water partition coefficient (Wildman–Crippen LogP) is 1.00. The van der Waals surface area contributed by atoms with Gasteiger partial charge in [0.05, 0.1) is 17.5 Å². The van der Waals surface area contributed by atoms with Crippen LogP contribution in [-0.2, 0) is 19.1 Å². The summed E-state index contributed by atoms with van der Waals surface area (Å²) >= 11 is 0. The normalized spacial score (nSPS) is 31.1. The fraction of sp³-hybridized carbons (Fsp3) is 0.462. The number of ketones is 2. The molecule has 198 valence electrons. The van der Waals surface area contributed by atoms with Crippen molar-refractivity contribution in [1.29, 1.82) is 0 Å². The molecule has 1 aromatic carbocycles. The van der Waals surface area contributed by atoms with Crippen LogP contribution in [0.3, 0.4) is 0 Å². The van der Waals surface area contributed by atoms with Crippen LogP contribution in [-0.4, -0.2) is 80.6 Å². The van der Waals surface area contributed by atoms with Gasteiger partial charge in [-0.25, -0.2) is 0 Å². The molecular formula is C26H30N2O9. The molecule has 0 radical (unpaired) electrons. The van der Waals surface area contributed by atoms with E-state index in [2.05, 4.69) is 0 Å². The first kappa shape index (κ1) is 26.4. The summed E-state index contributed by atoms with van der Waals surface area (Å²) in [5.41, 5.74) is 1.40. The summed E-state index contributed by atoms with van der Waals surface area (Å²) in [5, 5.41) is 44.9. The van der Waals surface area contributed by atoms with E-state index in [1.165, 1.54) is 25.1 Å². The molecule has 11 heteroatoms. The second kappa shape index (κ2) is 9.00. The molecule has 0 saturated heterocycles. The standard InChI is InChI=1S/C26H30N2O9/c1-5-7-13(30)37-22-14-10(2)11-8-6-9-12(29)15(11)20(31)16(14)23(33)26(36)18(22)19(28(3)4)21(32)17(24(26)34)25(27)35/h6,8-10,14,18-19,22,29,32-33,36H,5,7H2,1-4H3,(H2,27,35). The highest BCUT2D eigenvalue weighted by Gasteiger charge is 2.68. The van der Waals surface area contributed by atoms with Gasteiger partial charge in [0.1, 0.15) is 28.9 Å². The van der Waals surface area contributed by atoms with Gasteiger partial charge in [0.15, 0.2) is 11.4 Å². The lowest BCUT2D eigenvalue weighted by atomic mass is 9.55. The number of rotatable bonds is 5. The van der Waals surface area contributed by atoms with Gasteiger partial charge >= 0.3 is 5.97 Å². The highest BCUT2D eigenvalue weighted by atomic mass is 16.5. The lowest BCUT2D eigenvalue weighted by molar-refractivity contribution is -0.181. The molecule has 1 amide bonds. The molecule has 1 aromatic rings. The summed E-state index contributed by atoms with van der Waals surface area (Å²) in [7, 11) is 3.00. The highest BCUT2D eigenvalue weighted by Crippen LogP contribution is 2.56. The van der Waals surface area contributed by atoms with Crippen molar-refractivity contribution in [3.05, 3.63) is 52.0 Å². The molecular weight excluding hydrogens is 484 g/mol. The van der Waals surface area contributed by atoms with Crippen LogP contribution in [0.2, 0.25) is 0 Å². The number of nitrogens with zero attached hydrogens (tertiary/aromatic N) is 1. The number of esters is 1. The molecule has 6 unspecified atom stereocenters. The van der Waals surface area contributed by atoms with Crippen LogP contribution >= 0.6 is 0 Å². The van der Waals surface area contributed by atoms with E-state index < -0.39 is 81.6 Å². The molecule has 0 saturated carbocycles. The lowest BCUT2D eigenvalue weighted by Gasteiger charge is -2.54. The Balaban J connectivity index is 2.09. The van der Waals surface area contributed by atoms with Crippen molar-refractivity contribution in [1.82, 2.24) is 4.90 Å². The number of primary amides is 1. The van der Waals surface area contributed by atoms with Gasteiger partial charge in [-0.05, 0) is 38.1 Å². The van der Waals surface area contributed by atoms with Gasteiger partial charge in [-0.15, -0.1) is 0 Å². The number of carbonyl (C=O) groups is 4. The number of carbonyl (C=O) groups excluding carboxylic acids is 4. The van der Waals surface area contributed by atoms with E-state index in [-0.39, 0.29) is 17.7 Å². The van der Waals surface area contributed by atoms with Crippen molar-refractivity contribution >= 4 is 23.4 Å². The maximum atomic E-state index is 13.7. The average molecular weight is 515 g/mol. The zero-order chi connectivity index (χ0) is 27.6. The number of benzene rings is 1. The van der Waals surface area contributed by atoms with Crippen LogP contribution in [0, 0.1) is 11.8 Å². The minimum Gasteiger partial charge on any atom is -0.510 e. The maximum absolute atomic E-state index is 13.7. The summed E-state index contributed by atoms with van der Waals surface area (Å²) in [6.07, 6.45) is -0.969. The number of aromatic hydroxyl groups is 1. The predicted molar refractivity (Wildman–Crippen MR) is 129 cm³/mol. The summed E-state index contributed by atoms with van der Waals surface area (Å²) in [4.78, 5) is 53.6. The van der Waals surface area contributed by atoms with Gasteiger partial charge in [-0.1, -0.05) is 26.0 Å². The fourth-order valence-corrected chi connectivity index (χ4v) is 6.11. The van der Waals surface area contributed by atoms with Gasteiger partial charge in [-0.3, -0.25) is 24.1 Å². The van der Waals surface area contributed by atoms with Crippen LogP contribution in [0.1, 0.15) is 48.5 Å². The van der Waals surface area contributed by atoms with Crippen LogP contribution in [0.15, 0.2) is 40.9 Å². The molecule has 0 bridgehead atoms. The number of phenolic OH excluding ortho intramolecular Hbond substituents is 1. The first-order chi connectivity index (χ1) is 17.3. The number of fused-ring (bicyclic) bond motifs is 3. The van der Waals surface area contributed by atoms with Crippen LogP contribution in [0.5, 0.6) is 5.75 Å². The Morgan fingerprint density at radius 3 is 2.38 bits per heavy atom. The molecule has 0 aliphatic heterocycles. The van der Waals surface area contributed by atoms with Crippen molar-refractivity contribution < 1.29 is 44.3 Å². The Bertz CT molecular complexity index is 1280. The smallest absolute Gasteiger partial charge is 0.306 e. The van der Waals surface area contributed by atoms with Gasteiger partial charge < -0.3 is 30.9 Å². The Morgan fingerprint density at radius 2 is 1.81 bits per heavy atom. The number of hydrogen-bond donors (Lipinski definition) is 5. The molecule has 3 aliphatic carbocycles. The minimum absolute atomic E-state index is 0.00592. The number of Topliss-reactive ketones (excluding diaryl/α,β-unsaturated/α-hetero) is 2. The number of likely N-dealkylation sites (N-methyl/N-ethyl adjacent to an activating group) is 1. The van der Waals surface area contributed by atoms with E-state index >= 15 is 0 Å². The molecule has 0 spiro atoms. The van der Waals surface area contributed by atoms with Crippen molar-refractivity contribution in [2.75, 3.05) is 14.1 Å². The summed E-state index contributed by atoms with van der Waals surface area (Å²) in [5.74, 6) is -9.61. The lowest BCUT2D eigenvalue weighted by Crippen LogP contribution is -2.69. The number of aliphatic hydroxyl groups is 3. The topological polar surface area (TPSA) is 188 Å². The summed E-state index contributed by atoms with van der Waals surface area (Å²) in [6, 6.07) is 3.15. The second-order valence-electron chi connectivity index (χ2n) is 10.0.